The maximum absolute atomic E-state index is 12.1. The first-order valence-corrected chi connectivity index (χ1v) is 6.88. The van der Waals surface area contributed by atoms with Crippen molar-refractivity contribution in [3.05, 3.63) is 11.3 Å². The molecule has 1 heterocycles. The predicted molar refractivity (Wildman–Crippen MR) is 64.5 cm³/mol. The number of hydrogen-bond acceptors (Lipinski definition) is 2. The van der Waals surface area contributed by atoms with Crippen LogP contribution in [0.15, 0.2) is 11.3 Å². The Bertz CT molecular complexity index is 386. The molecule has 3 heteroatoms. The first kappa shape index (κ1) is 11.3. The van der Waals surface area contributed by atoms with Crippen LogP contribution in [0.1, 0.15) is 44.9 Å². The second-order valence-corrected chi connectivity index (χ2v) is 6.00. The molecule has 0 radical (unpaired) electrons. The minimum Gasteiger partial charge on any atom is -0.444 e. The van der Waals surface area contributed by atoms with Gasteiger partial charge in [0.15, 0.2) is 5.78 Å². The fourth-order valence-electron chi connectivity index (χ4n) is 3.76. The van der Waals surface area contributed by atoms with Gasteiger partial charge in [-0.05, 0) is 19.3 Å². The zero-order valence-corrected chi connectivity index (χ0v) is 10.8. The number of allylic oxidation sites excluding steroid dienone is 2. The Morgan fingerprint density at radius 2 is 2.12 bits per heavy atom. The Morgan fingerprint density at radius 1 is 1.29 bits per heavy atom. The summed E-state index contributed by atoms with van der Waals surface area (Å²) in [5.41, 5.74) is 1.02. The van der Waals surface area contributed by atoms with E-state index in [1.165, 1.54) is 17.7 Å². The van der Waals surface area contributed by atoms with Gasteiger partial charge in [0.2, 0.25) is 5.72 Å². The summed E-state index contributed by atoms with van der Waals surface area (Å²) in [6, 6.07) is 0. The maximum Gasteiger partial charge on any atom is 0.241 e. The fourth-order valence-corrected chi connectivity index (χ4v) is 3.76. The van der Waals surface area contributed by atoms with Crippen molar-refractivity contribution in [2.24, 2.45) is 5.92 Å². The molecular formula is C14H22NO2+. The molecule has 94 valence electrons. The standard InChI is InChI=1S/C14H21NO2/c1-15(2)14-8-4-5-10(9-14)13-11(16)6-3-7-12(13)17-14/h10H,3-9H2,1-2H3/p+1/t10-,14+/m0/s1. The van der Waals surface area contributed by atoms with Crippen LogP contribution in [-0.4, -0.2) is 25.6 Å². The minimum absolute atomic E-state index is 0.0423. The van der Waals surface area contributed by atoms with Gasteiger partial charge in [0.1, 0.15) is 5.76 Å². The Kier molecular flexibility index (Phi) is 2.54. The molecule has 1 N–H and O–H groups in total. The van der Waals surface area contributed by atoms with E-state index < -0.39 is 0 Å². The normalized spacial score (nSPS) is 36.9. The molecule has 3 nitrogen and oxygen atoms in total. The molecule has 0 saturated heterocycles. The monoisotopic (exact) mass is 236 g/mol. The second-order valence-electron chi connectivity index (χ2n) is 6.00. The number of nitrogens with one attached hydrogen (secondary N) is 1. The lowest BCUT2D eigenvalue weighted by Crippen LogP contribution is -3.16. The lowest BCUT2D eigenvalue weighted by Gasteiger charge is -2.48. The molecule has 17 heavy (non-hydrogen) atoms. The summed E-state index contributed by atoms with van der Waals surface area (Å²) in [7, 11) is 4.36. The van der Waals surface area contributed by atoms with Gasteiger partial charge < -0.3 is 9.64 Å². The highest BCUT2D eigenvalue weighted by Crippen LogP contribution is 2.45. The Morgan fingerprint density at radius 3 is 2.88 bits per heavy atom. The third kappa shape index (κ3) is 1.63. The number of carbonyl (C=O) groups is 1. The molecule has 3 aliphatic rings. The van der Waals surface area contributed by atoms with Crippen LogP contribution in [0.5, 0.6) is 0 Å². The summed E-state index contributed by atoms with van der Waals surface area (Å²) in [6.45, 7) is 0. The largest absolute Gasteiger partial charge is 0.444 e. The number of Topliss-reactive ketones (excluding diaryl/α,β-unsaturated/α-hetero) is 1. The molecule has 3 rings (SSSR count). The molecule has 1 aliphatic heterocycles. The summed E-state index contributed by atoms with van der Waals surface area (Å²) in [5.74, 6) is 1.88. The summed E-state index contributed by atoms with van der Waals surface area (Å²) in [4.78, 5) is 13.4. The molecular weight excluding hydrogens is 214 g/mol. The van der Waals surface area contributed by atoms with E-state index in [0.717, 1.165) is 43.4 Å². The van der Waals surface area contributed by atoms with E-state index >= 15 is 0 Å². The lowest BCUT2D eigenvalue weighted by atomic mass is 9.72. The summed E-state index contributed by atoms with van der Waals surface area (Å²) in [5, 5.41) is 0. The van der Waals surface area contributed by atoms with Crippen LogP contribution < -0.4 is 4.90 Å². The van der Waals surface area contributed by atoms with Gasteiger partial charge in [0.25, 0.3) is 0 Å². The molecule has 0 aromatic rings. The highest BCUT2D eigenvalue weighted by Gasteiger charge is 2.51. The van der Waals surface area contributed by atoms with Gasteiger partial charge in [-0.1, -0.05) is 0 Å². The third-order valence-corrected chi connectivity index (χ3v) is 4.76. The summed E-state index contributed by atoms with van der Waals surface area (Å²) >= 11 is 0. The average molecular weight is 236 g/mol. The van der Waals surface area contributed by atoms with Gasteiger partial charge in [-0.15, -0.1) is 0 Å². The van der Waals surface area contributed by atoms with Gasteiger partial charge in [-0.3, -0.25) is 4.79 Å². The Hall–Kier alpha value is -0.830. The van der Waals surface area contributed by atoms with E-state index in [0.29, 0.717) is 11.7 Å². The van der Waals surface area contributed by atoms with Crippen molar-refractivity contribution in [2.45, 2.75) is 50.7 Å². The highest BCUT2D eigenvalue weighted by molar-refractivity contribution is 5.97. The molecule has 0 spiro atoms. The van der Waals surface area contributed by atoms with E-state index in [4.69, 9.17) is 4.74 Å². The smallest absolute Gasteiger partial charge is 0.241 e. The molecule has 0 aromatic carbocycles. The second kappa shape index (κ2) is 3.84. The molecule has 0 unspecified atom stereocenters. The molecule has 0 amide bonds. The van der Waals surface area contributed by atoms with E-state index in [2.05, 4.69) is 14.1 Å². The van der Waals surface area contributed by atoms with Crippen molar-refractivity contribution in [2.75, 3.05) is 14.1 Å². The summed E-state index contributed by atoms with van der Waals surface area (Å²) in [6.07, 6.45) is 7.25. The van der Waals surface area contributed by atoms with Crippen LogP contribution in [0.4, 0.5) is 0 Å². The number of ketones is 1. The van der Waals surface area contributed by atoms with Crippen molar-refractivity contribution in [1.82, 2.24) is 0 Å². The van der Waals surface area contributed by atoms with Crippen molar-refractivity contribution in [3.63, 3.8) is 0 Å². The van der Waals surface area contributed by atoms with Crippen LogP contribution in [0.25, 0.3) is 0 Å². The zero-order valence-electron chi connectivity index (χ0n) is 10.8. The van der Waals surface area contributed by atoms with Crippen LogP contribution in [-0.2, 0) is 9.53 Å². The first-order chi connectivity index (χ1) is 8.12. The van der Waals surface area contributed by atoms with Crippen LogP contribution in [0.2, 0.25) is 0 Å². The van der Waals surface area contributed by atoms with Gasteiger partial charge in [-0.25, -0.2) is 0 Å². The molecule has 2 aliphatic carbocycles. The predicted octanol–water partition coefficient (Wildman–Crippen LogP) is 1.05. The number of rotatable bonds is 1. The number of quaternary nitrogens is 1. The van der Waals surface area contributed by atoms with Gasteiger partial charge >= 0.3 is 0 Å². The minimum atomic E-state index is -0.0423. The van der Waals surface area contributed by atoms with Crippen LogP contribution >= 0.6 is 0 Å². The van der Waals surface area contributed by atoms with Gasteiger partial charge in [0, 0.05) is 37.2 Å². The Balaban J connectivity index is 2.01. The molecule has 2 bridgehead atoms. The first-order valence-electron chi connectivity index (χ1n) is 6.88. The van der Waals surface area contributed by atoms with E-state index in [9.17, 15) is 4.79 Å². The van der Waals surface area contributed by atoms with Crippen molar-refractivity contribution in [3.8, 4) is 0 Å². The zero-order chi connectivity index (χ0) is 12.0. The van der Waals surface area contributed by atoms with Crippen LogP contribution in [0, 0.1) is 5.92 Å². The van der Waals surface area contributed by atoms with E-state index in [1.807, 2.05) is 0 Å². The number of fused-ring (bicyclic) bond motifs is 3. The molecule has 2 atom stereocenters. The Labute approximate surface area is 103 Å². The van der Waals surface area contributed by atoms with Crippen molar-refractivity contribution < 1.29 is 14.4 Å². The lowest BCUT2D eigenvalue weighted by molar-refractivity contribution is -0.946. The van der Waals surface area contributed by atoms with Gasteiger partial charge in [-0.2, -0.15) is 0 Å². The molecule has 1 saturated carbocycles. The number of ether oxygens (including phenoxy) is 1. The maximum atomic E-state index is 12.1. The molecule has 0 aromatic heterocycles. The van der Waals surface area contributed by atoms with Crippen molar-refractivity contribution >= 4 is 5.78 Å². The topological polar surface area (TPSA) is 30.7 Å². The third-order valence-electron chi connectivity index (χ3n) is 4.76. The van der Waals surface area contributed by atoms with E-state index in [1.54, 1.807) is 0 Å². The average Bonchev–Trinajstić information content (AvgIpc) is 2.28. The van der Waals surface area contributed by atoms with Crippen molar-refractivity contribution in [1.29, 1.82) is 0 Å². The highest BCUT2D eigenvalue weighted by atomic mass is 16.5. The fraction of sp³-hybridized carbons (Fsp3) is 0.786. The number of carbonyl (C=O) groups excluding carboxylic acids is 1. The van der Waals surface area contributed by atoms with Gasteiger partial charge in [0.05, 0.1) is 14.1 Å². The van der Waals surface area contributed by atoms with E-state index in [-0.39, 0.29) is 5.72 Å². The SMILES string of the molecule is C[NH+](C)[C@@]12CCC[C@@H](C1)C1=C(CCCC1=O)O2. The quantitative estimate of drug-likeness (QED) is 0.738. The number of hydrogen-bond donors (Lipinski definition) is 1. The molecule has 1 fully saturated rings. The van der Waals surface area contributed by atoms with Crippen LogP contribution in [0.3, 0.4) is 0 Å². The summed E-state index contributed by atoms with van der Waals surface area (Å²) < 4.78 is 6.30.